The topological polar surface area (TPSA) is 108 Å². The van der Waals surface area contributed by atoms with Gasteiger partial charge in [-0.1, -0.05) is 12.1 Å². The molecule has 3 aromatic heterocycles. The monoisotopic (exact) mass is 393 g/mol. The Morgan fingerprint density at radius 1 is 1.14 bits per heavy atom. The fourth-order valence-electron chi connectivity index (χ4n) is 2.61. The van der Waals surface area contributed by atoms with Crippen molar-refractivity contribution in [1.82, 2.24) is 35.3 Å². The van der Waals surface area contributed by atoms with E-state index in [9.17, 15) is 9.59 Å². The zero-order chi connectivity index (χ0) is 19.3. The number of thiophene rings is 1. The average molecular weight is 393 g/mol. The van der Waals surface area contributed by atoms with Crippen molar-refractivity contribution in [2.75, 3.05) is 6.54 Å². The normalized spacial score (nSPS) is 10.7. The maximum absolute atomic E-state index is 12.4. The van der Waals surface area contributed by atoms with Crippen molar-refractivity contribution < 1.29 is 4.79 Å². The van der Waals surface area contributed by atoms with Crippen LogP contribution < -0.4 is 10.9 Å². The summed E-state index contributed by atoms with van der Waals surface area (Å²) in [5.41, 5.74) is 1.67. The predicted octanol–water partition coefficient (Wildman–Crippen LogP) is 1.38. The summed E-state index contributed by atoms with van der Waals surface area (Å²) in [5, 5.41) is 20.1. The summed E-state index contributed by atoms with van der Waals surface area (Å²) < 4.78 is 2.82. The van der Waals surface area contributed by atoms with Crippen molar-refractivity contribution in [2.45, 2.75) is 6.54 Å². The molecular weight excluding hydrogens is 378 g/mol. The summed E-state index contributed by atoms with van der Waals surface area (Å²) in [6.07, 6.45) is 1.45. The first-order chi connectivity index (χ1) is 13.7. The Morgan fingerprint density at radius 2 is 2.07 bits per heavy atom. The molecule has 9 nitrogen and oxygen atoms in total. The van der Waals surface area contributed by atoms with Gasteiger partial charge in [-0.25, -0.2) is 9.36 Å². The second-order valence-corrected chi connectivity index (χ2v) is 6.77. The van der Waals surface area contributed by atoms with Gasteiger partial charge in [0.1, 0.15) is 12.0 Å². The van der Waals surface area contributed by atoms with Gasteiger partial charge >= 0.3 is 0 Å². The van der Waals surface area contributed by atoms with Crippen LogP contribution in [-0.2, 0) is 6.54 Å². The van der Waals surface area contributed by atoms with Gasteiger partial charge in [0.2, 0.25) is 0 Å². The summed E-state index contributed by atoms with van der Waals surface area (Å²) in [4.78, 5) is 25.4. The second kappa shape index (κ2) is 7.92. The summed E-state index contributed by atoms with van der Waals surface area (Å²) in [6.45, 7) is 0.547. The lowest BCUT2D eigenvalue weighted by atomic mass is 10.2. The number of nitrogens with zero attached hydrogens (tertiary/aromatic N) is 6. The molecule has 140 valence electrons. The molecular formula is C18H15N7O2S. The van der Waals surface area contributed by atoms with Crippen molar-refractivity contribution >= 4 is 17.2 Å². The first-order valence-electron chi connectivity index (χ1n) is 8.44. The quantitative estimate of drug-likeness (QED) is 0.530. The third-order valence-corrected chi connectivity index (χ3v) is 4.86. The van der Waals surface area contributed by atoms with Crippen molar-refractivity contribution in [3.05, 3.63) is 76.2 Å². The standard InChI is InChI=1S/C18H15N7O2S/c26-17-7-6-15(16-5-2-10-28-16)21-24(17)9-8-19-18(27)13-3-1-4-14(11-13)25-12-20-22-23-25/h1-7,10-12H,8-9H2,(H,19,27). The van der Waals surface area contributed by atoms with Crippen LogP contribution in [0, 0.1) is 0 Å². The van der Waals surface area contributed by atoms with Gasteiger partial charge in [0.25, 0.3) is 11.5 Å². The minimum atomic E-state index is -0.252. The van der Waals surface area contributed by atoms with Gasteiger partial charge < -0.3 is 5.32 Å². The van der Waals surface area contributed by atoms with Crippen LogP contribution in [0.25, 0.3) is 16.3 Å². The molecule has 0 saturated carbocycles. The van der Waals surface area contributed by atoms with E-state index in [4.69, 9.17) is 0 Å². The van der Waals surface area contributed by atoms with E-state index in [0.29, 0.717) is 11.3 Å². The molecule has 10 heteroatoms. The largest absolute Gasteiger partial charge is 0.350 e. The van der Waals surface area contributed by atoms with Gasteiger partial charge in [-0.05, 0) is 46.1 Å². The molecule has 0 aliphatic carbocycles. The number of hydrogen-bond acceptors (Lipinski definition) is 7. The number of rotatable bonds is 6. The molecule has 0 fully saturated rings. The van der Waals surface area contributed by atoms with Crippen molar-refractivity contribution in [3.63, 3.8) is 0 Å². The second-order valence-electron chi connectivity index (χ2n) is 5.82. The van der Waals surface area contributed by atoms with Crippen LogP contribution in [0.15, 0.2) is 65.0 Å². The lowest BCUT2D eigenvalue weighted by Crippen LogP contribution is -2.32. The maximum atomic E-state index is 12.4. The van der Waals surface area contributed by atoms with Crippen LogP contribution in [0.1, 0.15) is 10.4 Å². The fourth-order valence-corrected chi connectivity index (χ4v) is 3.30. The van der Waals surface area contributed by atoms with Gasteiger partial charge in [0.05, 0.1) is 17.1 Å². The van der Waals surface area contributed by atoms with E-state index in [2.05, 4.69) is 25.9 Å². The van der Waals surface area contributed by atoms with E-state index < -0.39 is 0 Å². The molecule has 0 spiro atoms. The van der Waals surface area contributed by atoms with Gasteiger partial charge in [0, 0.05) is 18.2 Å². The summed E-state index contributed by atoms with van der Waals surface area (Å²) >= 11 is 1.55. The smallest absolute Gasteiger partial charge is 0.266 e. The van der Waals surface area contributed by atoms with Crippen molar-refractivity contribution in [3.8, 4) is 16.3 Å². The van der Waals surface area contributed by atoms with E-state index in [1.807, 2.05) is 17.5 Å². The molecule has 4 rings (SSSR count). The molecule has 0 saturated heterocycles. The number of carbonyl (C=O) groups is 1. The van der Waals surface area contributed by atoms with Gasteiger partial charge in [-0.3, -0.25) is 9.59 Å². The zero-order valence-electron chi connectivity index (χ0n) is 14.6. The predicted molar refractivity (Wildman–Crippen MR) is 103 cm³/mol. The van der Waals surface area contributed by atoms with E-state index in [1.54, 1.807) is 41.7 Å². The lowest BCUT2D eigenvalue weighted by molar-refractivity contribution is 0.0951. The Hall–Kier alpha value is -3.66. The summed E-state index contributed by atoms with van der Waals surface area (Å²) in [7, 11) is 0. The molecule has 28 heavy (non-hydrogen) atoms. The maximum Gasteiger partial charge on any atom is 0.266 e. The molecule has 0 aliphatic heterocycles. The average Bonchev–Trinajstić information content (AvgIpc) is 3.44. The van der Waals surface area contributed by atoms with E-state index in [1.165, 1.54) is 21.8 Å². The van der Waals surface area contributed by atoms with E-state index in [-0.39, 0.29) is 24.6 Å². The Balaban J connectivity index is 1.42. The highest BCUT2D eigenvalue weighted by atomic mass is 32.1. The zero-order valence-corrected chi connectivity index (χ0v) is 15.4. The number of aromatic nitrogens is 6. The van der Waals surface area contributed by atoms with Crippen LogP contribution in [0.2, 0.25) is 0 Å². The first-order valence-corrected chi connectivity index (χ1v) is 9.32. The Bertz CT molecular complexity index is 1140. The molecule has 4 aromatic rings. The third kappa shape index (κ3) is 3.86. The molecule has 1 aromatic carbocycles. The highest BCUT2D eigenvalue weighted by Gasteiger charge is 2.09. The van der Waals surface area contributed by atoms with Crippen molar-refractivity contribution in [1.29, 1.82) is 0 Å². The molecule has 0 aliphatic rings. The van der Waals surface area contributed by atoms with Gasteiger partial charge in [-0.2, -0.15) is 5.10 Å². The number of nitrogens with one attached hydrogen (secondary N) is 1. The van der Waals surface area contributed by atoms with E-state index >= 15 is 0 Å². The number of carbonyl (C=O) groups excluding carboxylic acids is 1. The highest BCUT2D eigenvalue weighted by molar-refractivity contribution is 7.13. The SMILES string of the molecule is O=C(NCCn1nc(-c2cccs2)ccc1=O)c1cccc(-n2cnnn2)c1. The minimum absolute atomic E-state index is 0.213. The molecule has 0 unspecified atom stereocenters. The number of hydrogen-bond donors (Lipinski definition) is 1. The first kappa shape index (κ1) is 17.7. The van der Waals surface area contributed by atoms with Crippen LogP contribution in [0.3, 0.4) is 0 Å². The molecule has 3 heterocycles. The molecule has 1 N–H and O–H groups in total. The lowest BCUT2D eigenvalue weighted by Gasteiger charge is -2.09. The van der Waals surface area contributed by atoms with Gasteiger partial charge in [0.15, 0.2) is 0 Å². The van der Waals surface area contributed by atoms with Crippen molar-refractivity contribution in [2.24, 2.45) is 0 Å². The number of benzene rings is 1. The minimum Gasteiger partial charge on any atom is -0.350 e. The Labute approximate surface area is 163 Å². The van der Waals surface area contributed by atoms with E-state index in [0.717, 1.165) is 10.6 Å². The summed E-state index contributed by atoms with van der Waals surface area (Å²) in [6, 6.07) is 14.0. The number of amides is 1. The highest BCUT2D eigenvalue weighted by Crippen LogP contribution is 2.20. The van der Waals surface area contributed by atoms with Crippen LogP contribution in [-0.4, -0.2) is 42.4 Å². The Morgan fingerprint density at radius 3 is 2.86 bits per heavy atom. The fraction of sp³-hybridized carbons (Fsp3) is 0.111. The molecule has 1 amide bonds. The van der Waals surface area contributed by atoms with Gasteiger partial charge in [-0.15, -0.1) is 16.4 Å². The van der Waals surface area contributed by atoms with Crippen LogP contribution >= 0.6 is 11.3 Å². The molecule has 0 bridgehead atoms. The number of tetrazole rings is 1. The molecule has 0 atom stereocenters. The van der Waals surface area contributed by atoms with Crippen LogP contribution in [0.5, 0.6) is 0 Å². The third-order valence-electron chi connectivity index (χ3n) is 3.97. The summed E-state index contributed by atoms with van der Waals surface area (Å²) in [5.74, 6) is -0.252. The van der Waals surface area contributed by atoms with Crippen LogP contribution in [0.4, 0.5) is 0 Å². The molecule has 0 radical (unpaired) electrons. The Kier molecular flexibility index (Phi) is 5.02.